The number of hydrogen-bond acceptors (Lipinski definition) is 5. The van der Waals surface area contributed by atoms with E-state index >= 15 is 4.11 Å². The van der Waals surface area contributed by atoms with Gasteiger partial charge < -0.3 is 23.6 Å². The Morgan fingerprint density at radius 3 is 2.57 bits per heavy atom. The number of aliphatic hydroxyl groups excluding tert-OH is 1. The van der Waals surface area contributed by atoms with Crippen LogP contribution in [0.3, 0.4) is 0 Å². The zero-order valence-corrected chi connectivity index (χ0v) is 25.5. The molecule has 3 aliphatic heterocycles. The number of anilines is 3. The topological polar surface area (TPSA) is 79.3 Å². The number of ether oxygens (including phenoxy) is 2. The maximum atomic E-state index is 15.8. The molecule has 42 heavy (non-hydrogen) atoms. The van der Waals surface area contributed by atoms with Gasteiger partial charge in [-0.2, -0.15) is 0 Å². The molecule has 0 aromatic heterocycles. The van der Waals surface area contributed by atoms with Crippen LogP contribution >= 0.6 is 0 Å². The van der Waals surface area contributed by atoms with E-state index in [1.807, 2.05) is 73.7 Å². The highest BCUT2D eigenvalue weighted by Gasteiger charge is 2.66. The molecular weight excluding hydrogens is 551 g/mol. The zero-order valence-electron chi connectivity index (χ0n) is 24.5. The number of carbonyl (C=O) groups excluding carboxylic acids is 2. The standard InChI is InChI=1S/C33H37FN2O5Si/c1-21-31(42(3,4)34)29(16-17-37)41-33(21)26-19-25(40-2)13-14-28(26)35(32(33)39)20-22-8-7-10-24(18-22)36-27-11-6-5-9-23(27)12-15-30(36)38/h5-11,13-14,18-19,21,29,31,37H,12,15-17,20H2,1-4H3/t21-,29+,31-,33+/m0/s1. The lowest BCUT2D eigenvalue weighted by molar-refractivity contribution is -0.146. The Morgan fingerprint density at radius 2 is 1.83 bits per heavy atom. The molecule has 3 aliphatic rings. The molecule has 220 valence electrons. The molecule has 6 rings (SSSR count). The van der Waals surface area contributed by atoms with Gasteiger partial charge in [0.2, 0.25) is 14.3 Å². The van der Waals surface area contributed by atoms with Gasteiger partial charge in [-0.15, -0.1) is 0 Å². The third-order valence-corrected chi connectivity index (χ3v) is 11.6. The molecule has 0 unspecified atom stereocenters. The molecule has 7 nitrogen and oxygen atoms in total. The largest absolute Gasteiger partial charge is 0.497 e. The number of aliphatic hydroxyl groups is 1. The molecule has 3 heterocycles. The summed E-state index contributed by atoms with van der Waals surface area (Å²) < 4.78 is 27.9. The molecule has 0 aliphatic carbocycles. The molecule has 4 atom stereocenters. The van der Waals surface area contributed by atoms with Gasteiger partial charge in [0.05, 0.1) is 31.1 Å². The van der Waals surface area contributed by atoms with Crippen LogP contribution in [0.25, 0.3) is 0 Å². The number of aryl methyl sites for hydroxylation is 1. The summed E-state index contributed by atoms with van der Waals surface area (Å²) in [6.45, 7) is 5.30. The second kappa shape index (κ2) is 10.6. The van der Waals surface area contributed by atoms with Crippen LogP contribution in [0, 0.1) is 5.92 Å². The molecule has 1 spiro atoms. The summed E-state index contributed by atoms with van der Waals surface area (Å²) in [5.74, 6) is -0.0713. The van der Waals surface area contributed by atoms with Gasteiger partial charge in [0.15, 0.2) is 5.60 Å². The second-order valence-corrected chi connectivity index (χ2v) is 15.9. The number of benzene rings is 3. The summed E-state index contributed by atoms with van der Waals surface area (Å²) in [6, 6.07) is 21.1. The van der Waals surface area contributed by atoms with Crippen LogP contribution in [0.5, 0.6) is 5.75 Å². The van der Waals surface area contributed by atoms with Gasteiger partial charge in [-0.3, -0.25) is 14.5 Å². The number of rotatable bonds is 7. The minimum atomic E-state index is -3.29. The van der Waals surface area contributed by atoms with Gasteiger partial charge >= 0.3 is 0 Å². The number of hydrogen-bond donors (Lipinski definition) is 1. The normalized spacial score (nSPS) is 25.2. The van der Waals surface area contributed by atoms with Gasteiger partial charge in [-0.1, -0.05) is 37.3 Å². The molecule has 9 heteroatoms. The van der Waals surface area contributed by atoms with Crippen LogP contribution in [0.1, 0.15) is 36.5 Å². The van der Waals surface area contributed by atoms with Gasteiger partial charge in [0, 0.05) is 35.7 Å². The van der Waals surface area contributed by atoms with Crippen molar-refractivity contribution in [3.63, 3.8) is 0 Å². The molecule has 0 radical (unpaired) electrons. The lowest BCUT2D eigenvalue weighted by atomic mass is 9.82. The lowest BCUT2D eigenvalue weighted by Gasteiger charge is -2.31. The average molecular weight is 589 g/mol. The minimum Gasteiger partial charge on any atom is -0.497 e. The summed E-state index contributed by atoms with van der Waals surface area (Å²) in [6.07, 6.45) is 0.832. The second-order valence-electron chi connectivity index (χ2n) is 12.1. The molecule has 3 aromatic rings. The van der Waals surface area contributed by atoms with Crippen molar-refractivity contribution in [2.24, 2.45) is 5.92 Å². The minimum absolute atomic E-state index is 0.0339. The van der Waals surface area contributed by atoms with Crippen molar-refractivity contribution in [3.05, 3.63) is 83.4 Å². The highest BCUT2D eigenvalue weighted by molar-refractivity contribution is 6.72. The van der Waals surface area contributed by atoms with E-state index in [2.05, 4.69) is 0 Å². The SMILES string of the molecule is COc1ccc2c(c1)[C@@]1(O[C@H](CCO)[C@@H]([Si](C)(C)F)[C@@H]1C)C(=O)N2Cc1cccc(N2C(=O)CCc3ccccc32)c1. The first-order valence-corrected chi connectivity index (χ1v) is 17.5. The predicted octanol–water partition coefficient (Wildman–Crippen LogP) is 6.01. The first-order valence-electron chi connectivity index (χ1n) is 14.6. The number of para-hydroxylation sites is 1. The quantitative estimate of drug-likeness (QED) is 0.270. The van der Waals surface area contributed by atoms with Gasteiger partial charge in [-0.05, 0) is 73.5 Å². The summed E-state index contributed by atoms with van der Waals surface area (Å²) in [5, 5.41) is 9.80. The molecular formula is C33H37FN2O5Si. The van der Waals surface area contributed by atoms with Crippen LogP contribution in [0.4, 0.5) is 21.2 Å². The monoisotopic (exact) mass is 588 g/mol. The van der Waals surface area contributed by atoms with E-state index in [1.54, 1.807) is 30.0 Å². The maximum absolute atomic E-state index is 15.8. The molecule has 3 aromatic carbocycles. The third-order valence-electron chi connectivity index (χ3n) is 9.18. The molecule has 1 fully saturated rings. The third kappa shape index (κ3) is 4.46. The van der Waals surface area contributed by atoms with Crippen molar-refractivity contribution in [3.8, 4) is 5.75 Å². The zero-order chi connectivity index (χ0) is 29.8. The Balaban J connectivity index is 1.40. The van der Waals surface area contributed by atoms with E-state index in [1.165, 1.54) is 0 Å². The fourth-order valence-electron chi connectivity index (χ4n) is 7.40. The fraction of sp³-hybridized carbons (Fsp3) is 0.394. The average Bonchev–Trinajstić information content (AvgIpc) is 3.39. The van der Waals surface area contributed by atoms with Crippen molar-refractivity contribution in [1.29, 1.82) is 0 Å². The lowest BCUT2D eigenvalue weighted by Crippen LogP contribution is -2.45. The van der Waals surface area contributed by atoms with E-state index in [0.717, 1.165) is 22.5 Å². The van der Waals surface area contributed by atoms with Crippen LogP contribution in [0.2, 0.25) is 18.6 Å². The predicted molar refractivity (Wildman–Crippen MR) is 162 cm³/mol. The van der Waals surface area contributed by atoms with E-state index in [9.17, 15) is 14.7 Å². The first kappa shape index (κ1) is 28.6. The van der Waals surface area contributed by atoms with Crippen molar-refractivity contribution in [2.75, 3.05) is 23.5 Å². The van der Waals surface area contributed by atoms with E-state index in [-0.39, 0.29) is 31.4 Å². The van der Waals surface area contributed by atoms with Crippen LogP contribution in [-0.2, 0) is 32.9 Å². The smallest absolute Gasteiger partial charge is 0.264 e. The first-order chi connectivity index (χ1) is 20.1. The Hall–Kier alpha value is -3.53. The maximum Gasteiger partial charge on any atom is 0.264 e. The van der Waals surface area contributed by atoms with Gasteiger partial charge in [0.1, 0.15) is 5.75 Å². The highest BCUT2D eigenvalue weighted by Crippen LogP contribution is 2.60. The Labute approximate surface area is 247 Å². The Kier molecular flexibility index (Phi) is 7.23. The molecule has 1 N–H and O–H groups in total. The van der Waals surface area contributed by atoms with Crippen LogP contribution in [0.15, 0.2) is 66.7 Å². The van der Waals surface area contributed by atoms with E-state index in [0.29, 0.717) is 29.8 Å². The number of halogens is 1. The number of carbonyl (C=O) groups is 2. The van der Waals surface area contributed by atoms with Crippen molar-refractivity contribution < 1.29 is 28.3 Å². The van der Waals surface area contributed by atoms with Gasteiger partial charge in [0.25, 0.3) is 5.91 Å². The van der Waals surface area contributed by atoms with E-state index in [4.69, 9.17) is 9.47 Å². The van der Waals surface area contributed by atoms with Crippen LogP contribution < -0.4 is 14.5 Å². The summed E-state index contributed by atoms with van der Waals surface area (Å²) in [5.41, 5.74) is 3.11. The summed E-state index contributed by atoms with van der Waals surface area (Å²) in [4.78, 5) is 31.1. The molecule has 0 bridgehead atoms. The van der Waals surface area contributed by atoms with Crippen LogP contribution in [-0.4, -0.2) is 45.1 Å². The van der Waals surface area contributed by atoms with Crippen molar-refractivity contribution in [1.82, 2.24) is 0 Å². The number of methoxy groups -OCH3 is 1. The van der Waals surface area contributed by atoms with Crippen molar-refractivity contribution >= 4 is 37.3 Å². The molecule has 2 amide bonds. The Bertz CT molecular complexity index is 1540. The van der Waals surface area contributed by atoms with Crippen molar-refractivity contribution in [2.45, 2.75) is 63.1 Å². The van der Waals surface area contributed by atoms with E-state index < -0.39 is 31.6 Å². The summed E-state index contributed by atoms with van der Waals surface area (Å²) in [7, 11) is -1.72. The fourth-order valence-corrected chi connectivity index (χ4v) is 9.94. The number of nitrogens with zero attached hydrogens (tertiary/aromatic N) is 2. The summed E-state index contributed by atoms with van der Waals surface area (Å²) >= 11 is 0. The van der Waals surface area contributed by atoms with Gasteiger partial charge in [-0.25, -0.2) is 0 Å². The number of amides is 2. The number of fused-ring (bicyclic) bond motifs is 3. The highest BCUT2D eigenvalue weighted by atomic mass is 28.4. The molecule has 0 saturated carbocycles. The Morgan fingerprint density at radius 1 is 1.05 bits per heavy atom. The molecule has 1 saturated heterocycles.